The maximum absolute atomic E-state index is 11.4. The Labute approximate surface area is 90.8 Å². The van der Waals surface area contributed by atoms with E-state index in [0.717, 1.165) is 25.7 Å². The molecule has 1 aliphatic rings. The summed E-state index contributed by atoms with van der Waals surface area (Å²) in [5.41, 5.74) is 3.84. The number of carbonyl (C=O) groups excluding carboxylic acids is 1. The van der Waals surface area contributed by atoms with E-state index in [4.69, 9.17) is 0 Å². The van der Waals surface area contributed by atoms with Crippen LogP contribution in [0.2, 0.25) is 0 Å². The van der Waals surface area contributed by atoms with Crippen LogP contribution in [-0.4, -0.2) is 5.78 Å². The van der Waals surface area contributed by atoms with Crippen molar-refractivity contribution in [2.24, 2.45) is 0 Å². The largest absolute Gasteiger partial charge is 0.295 e. The van der Waals surface area contributed by atoms with Crippen molar-refractivity contribution in [1.29, 1.82) is 0 Å². The van der Waals surface area contributed by atoms with Gasteiger partial charge in [-0.25, -0.2) is 0 Å². The van der Waals surface area contributed by atoms with Gasteiger partial charge >= 0.3 is 0 Å². The number of ketones is 1. The summed E-state index contributed by atoms with van der Waals surface area (Å²) in [7, 11) is 0. The Morgan fingerprint density at radius 2 is 2.00 bits per heavy atom. The van der Waals surface area contributed by atoms with Crippen molar-refractivity contribution in [2.75, 3.05) is 0 Å². The zero-order valence-corrected chi connectivity index (χ0v) is 9.12. The van der Waals surface area contributed by atoms with E-state index in [1.165, 1.54) is 16.7 Å². The van der Waals surface area contributed by atoms with Gasteiger partial charge in [-0.2, -0.15) is 0 Å². The third kappa shape index (κ3) is 2.17. The van der Waals surface area contributed by atoms with E-state index in [9.17, 15) is 4.79 Å². The highest BCUT2D eigenvalue weighted by Gasteiger charge is 2.13. The highest BCUT2D eigenvalue weighted by molar-refractivity contribution is 5.98. The zero-order chi connectivity index (χ0) is 10.7. The third-order valence-corrected chi connectivity index (χ3v) is 2.95. The van der Waals surface area contributed by atoms with Gasteiger partial charge in [0.15, 0.2) is 5.78 Å². The Balaban J connectivity index is 2.40. The highest BCUT2D eigenvalue weighted by Crippen LogP contribution is 2.27. The molecular formula is C14H16O. The van der Waals surface area contributed by atoms with E-state index in [2.05, 4.69) is 31.2 Å². The van der Waals surface area contributed by atoms with Gasteiger partial charge in [0.25, 0.3) is 0 Å². The second kappa shape index (κ2) is 4.43. The van der Waals surface area contributed by atoms with Gasteiger partial charge in [-0.1, -0.05) is 31.2 Å². The van der Waals surface area contributed by atoms with Gasteiger partial charge < -0.3 is 0 Å². The lowest BCUT2D eigenvalue weighted by molar-refractivity contribution is -0.114. The number of hydrogen-bond donors (Lipinski definition) is 0. The van der Waals surface area contributed by atoms with Crippen LogP contribution in [0, 0.1) is 0 Å². The summed E-state index contributed by atoms with van der Waals surface area (Å²) in [5, 5.41) is 0. The summed E-state index contributed by atoms with van der Waals surface area (Å²) in [4.78, 5) is 11.4. The van der Waals surface area contributed by atoms with E-state index in [-0.39, 0.29) is 5.78 Å². The van der Waals surface area contributed by atoms with Crippen molar-refractivity contribution in [3.63, 3.8) is 0 Å². The van der Waals surface area contributed by atoms with E-state index < -0.39 is 0 Å². The molecule has 0 aromatic heterocycles. The Morgan fingerprint density at radius 3 is 2.73 bits per heavy atom. The molecule has 0 amide bonds. The average molecular weight is 200 g/mol. The van der Waals surface area contributed by atoms with E-state index in [1.807, 2.05) is 6.08 Å². The van der Waals surface area contributed by atoms with Crippen LogP contribution in [0.4, 0.5) is 0 Å². The zero-order valence-electron chi connectivity index (χ0n) is 9.12. The molecule has 0 heterocycles. The molecule has 1 nitrogen and oxygen atoms in total. The first kappa shape index (κ1) is 10.2. The highest BCUT2D eigenvalue weighted by atomic mass is 16.1. The number of aryl methyl sites for hydroxylation is 1. The lowest BCUT2D eigenvalue weighted by Gasteiger charge is -2.15. The first-order valence-electron chi connectivity index (χ1n) is 5.63. The second-order valence-corrected chi connectivity index (χ2v) is 4.00. The standard InChI is InChI=1S/C14H16O/c1-2-11-6-3-4-9-14(11)12-7-5-8-13(15)10-12/h3-4,6,9-10H,2,5,7-8H2,1H3. The van der Waals surface area contributed by atoms with Crippen LogP contribution in [0.5, 0.6) is 0 Å². The van der Waals surface area contributed by atoms with Crippen molar-refractivity contribution in [3.8, 4) is 0 Å². The summed E-state index contributed by atoms with van der Waals surface area (Å²) in [6.45, 7) is 2.16. The van der Waals surface area contributed by atoms with Gasteiger partial charge in [-0.15, -0.1) is 0 Å². The molecule has 1 heteroatoms. The molecule has 0 radical (unpaired) electrons. The molecular weight excluding hydrogens is 184 g/mol. The molecule has 0 atom stereocenters. The van der Waals surface area contributed by atoms with Crippen LogP contribution in [0.3, 0.4) is 0 Å². The molecule has 78 valence electrons. The Bertz CT molecular complexity index is 402. The quantitative estimate of drug-likeness (QED) is 0.715. The predicted octanol–water partition coefficient (Wildman–Crippen LogP) is 3.39. The molecule has 1 aromatic rings. The number of hydrogen-bond acceptors (Lipinski definition) is 1. The van der Waals surface area contributed by atoms with Crippen LogP contribution < -0.4 is 0 Å². The van der Waals surface area contributed by atoms with Gasteiger partial charge in [0.2, 0.25) is 0 Å². The second-order valence-electron chi connectivity index (χ2n) is 4.00. The summed E-state index contributed by atoms with van der Waals surface area (Å²) in [6.07, 6.45) is 5.63. The molecule has 0 aliphatic heterocycles. The van der Waals surface area contributed by atoms with Crippen molar-refractivity contribution >= 4 is 11.4 Å². The number of rotatable bonds is 2. The summed E-state index contributed by atoms with van der Waals surface area (Å²) >= 11 is 0. The molecule has 1 aliphatic carbocycles. The van der Waals surface area contributed by atoms with Crippen LogP contribution in [0.25, 0.3) is 5.57 Å². The fourth-order valence-electron chi connectivity index (χ4n) is 2.15. The molecule has 15 heavy (non-hydrogen) atoms. The van der Waals surface area contributed by atoms with Crippen LogP contribution in [0.15, 0.2) is 30.3 Å². The predicted molar refractivity (Wildman–Crippen MR) is 62.7 cm³/mol. The van der Waals surface area contributed by atoms with Gasteiger partial charge in [0.05, 0.1) is 0 Å². The molecule has 0 N–H and O–H groups in total. The maximum Gasteiger partial charge on any atom is 0.155 e. The summed E-state index contributed by atoms with van der Waals surface area (Å²) < 4.78 is 0. The minimum absolute atomic E-state index is 0.280. The fourth-order valence-corrected chi connectivity index (χ4v) is 2.15. The summed E-state index contributed by atoms with van der Waals surface area (Å²) in [6, 6.07) is 8.39. The lowest BCUT2D eigenvalue weighted by atomic mass is 9.89. The van der Waals surface area contributed by atoms with Crippen molar-refractivity contribution in [1.82, 2.24) is 0 Å². The Hall–Kier alpha value is -1.37. The molecule has 2 rings (SSSR count). The monoisotopic (exact) mass is 200 g/mol. The number of allylic oxidation sites excluding steroid dienone is 2. The van der Waals surface area contributed by atoms with E-state index >= 15 is 0 Å². The van der Waals surface area contributed by atoms with Crippen molar-refractivity contribution in [3.05, 3.63) is 41.5 Å². The molecule has 0 saturated heterocycles. The number of carbonyl (C=O) groups is 1. The van der Waals surface area contributed by atoms with Gasteiger partial charge in [0.1, 0.15) is 0 Å². The first-order chi connectivity index (χ1) is 7.31. The fraction of sp³-hybridized carbons (Fsp3) is 0.357. The molecule has 0 spiro atoms. The van der Waals surface area contributed by atoms with Gasteiger partial charge in [-0.3, -0.25) is 4.79 Å². The lowest BCUT2D eigenvalue weighted by Crippen LogP contribution is -2.03. The Morgan fingerprint density at radius 1 is 1.20 bits per heavy atom. The van der Waals surface area contributed by atoms with E-state index in [0.29, 0.717) is 0 Å². The van der Waals surface area contributed by atoms with Crippen LogP contribution in [0.1, 0.15) is 37.3 Å². The van der Waals surface area contributed by atoms with Crippen molar-refractivity contribution in [2.45, 2.75) is 32.6 Å². The van der Waals surface area contributed by atoms with Crippen LogP contribution >= 0.6 is 0 Å². The number of benzene rings is 1. The first-order valence-corrected chi connectivity index (χ1v) is 5.63. The minimum Gasteiger partial charge on any atom is -0.295 e. The minimum atomic E-state index is 0.280. The Kier molecular flexibility index (Phi) is 3.00. The van der Waals surface area contributed by atoms with Gasteiger partial charge in [-0.05, 0) is 42.0 Å². The van der Waals surface area contributed by atoms with Gasteiger partial charge in [0, 0.05) is 6.42 Å². The molecule has 0 saturated carbocycles. The SMILES string of the molecule is CCc1ccccc1C1=CC(=O)CCC1. The molecule has 1 aromatic carbocycles. The smallest absolute Gasteiger partial charge is 0.155 e. The molecule has 0 bridgehead atoms. The van der Waals surface area contributed by atoms with Crippen LogP contribution in [-0.2, 0) is 11.2 Å². The molecule has 0 fully saturated rings. The average Bonchev–Trinajstić information content (AvgIpc) is 2.29. The maximum atomic E-state index is 11.4. The normalized spacial score (nSPS) is 16.3. The topological polar surface area (TPSA) is 17.1 Å². The van der Waals surface area contributed by atoms with E-state index in [1.54, 1.807) is 0 Å². The summed E-state index contributed by atoms with van der Waals surface area (Å²) in [5.74, 6) is 0.280. The third-order valence-electron chi connectivity index (χ3n) is 2.95. The molecule has 0 unspecified atom stereocenters. The van der Waals surface area contributed by atoms with Crippen molar-refractivity contribution < 1.29 is 4.79 Å².